The molecule has 0 spiro atoms. The molecule has 2 saturated carbocycles. The number of benzene rings is 5. The van der Waals surface area contributed by atoms with Gasteiger partial charge in [-0.1, -0.05) is 123 Å². The molecular formula is C47H56FeO3P2. The molecule has 3 unspecified atom stereocenters. The zero-order valence-corrected chi connectivity index (χ0v) is 35.2. The number of ether oxygens (including phenoxy) is 2. The number of methoxy groups -OCH3 is 2. The van der Waals surface area contributed by atoms with Crippen molar-refractivity contribution in [3.8, 4) is 11.5 Å². The van der Waals surface area contributed by atoms with Crippen LogP contribution in [0.25, 0.3) is 0 Å². The average Bonchev–Trinajstić information content (AvgIpc) is 3.90. The molecule has 53 heavy (non-hydrogen) atoms. The Morgan fingerprint density at radius 3 is 1.40 bits per heavy atom. The molecule has 5 aromatic carbocycles. The van der Waals surface area contributed by atoms with Gasteiger partial charge in [-0.25, -0.2) is 0 Å². The van der Waals surface area contributed by atoms with E-state index in [2.05, 4.69) is 137 Å². The second-order valence-corrected chi connectivity index (χ2v) is 19.2. The van der Waals surface area contributed by atoms with E-state index in [-0.39, 0.29) is 23.0 Å². The molecule has 0 amide bonds. The first-order valence-electron chi connectivity index (χ1n) is 19.1. The Kier molecular flexibility index (Phi) is 15.2. The Hall–Kier alpha value is -2.96. The maximum atomic E-state index is 12.6. The normalized spacial score (nSPS) is 17.2. The maximum Gasteiger partial charge on any atom is 0.124 e. The van der Waals surface area contributed by atoms with Crippen molar-refractivity contribution in [1.82, 2.24) is 0 Å². The summed E-state index contributed by atoms with van der Waals surface area (Å²) in [7, 11) is 1.86. The van der Waals surface area contributed by atoms with Crippen LogP contribution in [0.3, 0.4) is 0 Å². The van der Waals surface area contributed by atoms with Crippen molar-refractivity contribution >= 4 is 42.4 Å². The molecule has 0 heterocycles. The first-order chi connectivity index (χ1) is 25.3. The van der Waals surface area contributed by atoms with Crippen molar-refractivity contribution in [1.29, 1.82) is 0 Å². The van der Waals surface area contributed by atoms with Gasteiger partial charge in [0.05, 0.1) is 20.3 Å². The summed E-state index contributed by atoms with van der Waals surface area (Å²) in [5.74, 6) is 2.03. The fourth-order valence-corrected chi connectivity index (χ4v) is 14.6. The number of aliphatic hydroxyl groups is 1. The van der Waals surface area contributed by atoms with E-state index in [1.165, 1.54) is 58.6 Å². The maximum absolute atomic E-state index is 12.6. The van der Waals surface area contributed by atoms with Crippen LogP contribution < -0.4 is 36.0 Å². The van der Waals surface area contributed by atoms with E-state index in [1.54, 1.807) is 14.2 Å². The molecule has 2 aliphatic rings. The van der Waals surface area contributed by atoms with E-state index < -0.39 is 21.9 Å². The summed E-state index contributed by atoms with van der Waals surface area (Å²) in [6.45, 7) is 8.53. The first-order valence-corrected chi connectivity index (χ1v) is 21.8. The number of hydrogen-bond acceptors (Lipinski definition) is 3. The van der Waals surface area contributed by atoms with Crippen molar-refractivity contribution in [2.45, 2.75) is 90.8 Å². The van der Waals surface area contributed by atoms with Crippen LogP contribution in [0.5, 0.6) is 11.5 Å². The van der Waals surface area contributed by atoms with Crippen LogP contribution >= 0.6 is 15.8 Å². The predicted molar refractivity (Wildman–Crippen MR) is 225 cm³/mol. The molecule has 0 aliphatic heterocycles. The Bertz CT molecular complexity index is 1760. The summed E-state index contributed by atoms with van der Waals surface area (Å²) in [4.78, 5) is 0. The summed E-state index contributed by atoms with van der Waals surface area (Å²) in [5.41, 5.74) is 5.96. The summed E-state index contributed by atoms with van der Waals surface area (Å²) >= 11 is 0. The van der Waals surface area contributed by atoms with Gasteiger partial charge >= 0.3 is 0 Å². The topological polar surface area (TPSA) is 38.7 Å². The van der Waals surface area contributed by atoms with Gasteiger partial charge in [-0.05, 0) is 147 Å². The van der Waals surface area contributed by atoms with Gasteiger partial charge in [0, 0.05) is 17.1 Å². The molecule has 3 nitrogen and oxygen atoms in total. The fraction of sp³-hybridized carbons (Fsp3) is 0.362. The molecule has 7 rings (SSSR count). The molecule has 1 N–H and O–H groups in total. The summed E-state index contributed by atoms with van der Waals surface area (Å²) < 4.78 is 11.6. The van der Waals surface area contributed by atoms with Crippen LogP contribution in [0.15, 0.2) is 109 Å². The monoisotopic (exact) mass is 786 g/mol. The summed E-state index contributed by atoms with van der Waals surface area (Å²) in [6.07, 6.45) is 10.2. The Balaban J connectivity index is 0.000000833. The first kappa shape index (κ1) is 41.2. The largest absolute Gasteiger partial charge is 0.496 e. The molecule has 280 valence electrons. The van der Waals surface area contributed by atoms with Gasteiger partial charge < -0.3 is 14.6 Å². The molecule has 3 atom stereocenters. The van der Waals surface area contributed by atoms with Crippen LogP contribution in [-0.4, -0.2) is 25.0 Å². The van der Waals surface area contributed by atoms with Gasteiger partial charge in [0.2, 0.25) is 0 Å². The standard InChI is InChI=1S/C42H46O3P2.C5H10.Fe/c1-28-24-34(25-29(2)41(28)44-5)47(35-26-30(3)42(45-6)31(4)27-35)38-22-14-13-20-36(38)40(43)37-21-15-23-39(37)46(32-16-9-7-10-17-32)33-18-11-8-12-19-33;1-2-4-5-3-1;/h7-14,16-20,22,24-27,37,39-40,43H,15,21,23H2,1-6H3;1-5H2;. The minimum atomic E-state index is -0.996. The quantitative estimate of drug-likeness (QED) is 0.113. The number of hydrogen-bond donors (Lipinski definition) is 1. The van der Waals surface area contributed by atoms with E-state index in [4.69, 9.17) is 9.47 Å². The van der Waals surface area contributed by atoms with E-state index in [0.717, 1.165) is 58.6 Å². The Morgan fingerprint density at radius 1 is 0.547 bits per heavy atom. The molecule has 0 aromatic heterocycles. The molecule has 2 fully saturated rings. The van der Waals surface area contributed by atoms with Gasteiger partial charge in [0.15, 0.2) is 0 Å². The zero-order valence-electron chi connectivity index (χ0n) is 32.3. The molecule has 0 saturated heterocycles. The molecule has 0 bridgehead atoms. The predicted octanol–water partition coefficient (Wildman–Crippen LogP) is 9.98. The van der Waals surface area contributed by atoms with Crippen molar-refractivity contribution in [2.75, 3.05) is 14.2 Å². The van der Waals surface area contributed by atoms with Crippen molar-refractivity contribution < 1.29 is 31.6 Å². The smallest absolute Gasteiger partial charge is 0.124 e. The van der Waals surface area contributed by atoms with Crippen LogP contribution in [0.2, 0.25) is 0 Å². The van der Waals surface area contributed by atoms with E-state index >= 15 is 0 Å². The summed E-state index contributed by atoms with van der Waals surface area (Å²) in [6, 6.07) is 39.8. The van der Waals surface area contributed by atoms with Gasteiger partial charge in [0.1, 0.15) is 11.5 Å². The molecule has 6 heteroatoms. The molecule has 5 aromatic rings. The Morgan fingerprint density at radius 2 is 0.962 bits per heavy atom. The van der Waals surface area contributed by atoms with Crippen LogP contribution in [-0.2, 0) is 17.1 Å². The number of aliphatic hydroxyl groups excluding tert-OH is 1. The molecular weight excluding hydrogens is 730 g/mol. The van der Waals surface area contributed by atoms with E-state index in [1.807, 2.05) is 0 Å². The zero-order chi connectivity index (χ0) is 36.6. The van der Waals surface area contributed by atoms with Crippen molar-refractivity contribution in [3.05, 3.63) is 137 Å². The Labute approximate surface area is 331 Å². The second kappa shape index (κ2) is 19.6. The summed E-state index contributed by atoms with van der Waals surface area (Å²) in [5, 5.41) is 19.1. The van der Waals surface area contributed by atoms with Gasteiger partial charge in [-0.15, -0.1) is 0 Å². The third kappa shape index (κ3) is 9.47. The molecule has 2 aliphatic carbocycles. The third-order valence-corrected chi connectivity index (χ3v) is 16.4. The minimum absolute atomic E-state index is 0. The average molecular weight is 787 g/mol. The van der Waals surface area contributed by atoms with Crippen molar-refractivity contribution in [2.24, 2.45) is 5.92 Å². The van der Waals surface area contributed by atoms with Crippen LogP contribution in [0.1, 0.15) is 85.3 Å². The SMILES string of the molecule is C1CCCC1.COc1c(C)cc(P(c2cc(C)c(OC)c(C)c2)c2ccccc2C(O)C2CCCC2P(c2ccccc2)c2ccccc2)cc1C.[Fe]. The fourth-order valence-electron chi connectivity index (χ4n) is 8.61. The minimum Gasteiger partial charge on any atom is -0.496 e. The molecule has 0 radical (unpaired) electrons. The van der Waals surface area contributed by atoms with E-state index in [0.29, 0.717) is 5.66 Å². The number of aryl methyl sites for hydroxylation is 4. The van der Waals surface area contributed by atoms with Crippen LogP contribution in [0.4, 0.5) is 0 Å². The van der Waals surface area contributed by atoms with Gasteiger partial charge in [-0.2, -0.15) is 0 Å². The van der Waals surface area contributed by atoms with Gasteiger partial charge in [0.25, 0.3) is 0 Å². The van der Waals surface area contributed by atoms with E-state index in [9.17, 15) is 5.11 Å². The van der Waals surface area contributed by atoms with Crippen LogP contribution in [0, 0.1) is 33.6 Å². The number of rotatable bonds is 10. The third-order valence-electron chi connectivity index (χ3n) is 10.9. The van der Waals surface area contributed by atoms with Gasteiger partial charge in [-0.3, -0.25) is 0 Å². The van der Waals surface area contributed by atoms with Crippen molar-refractivity contribution in [3.63, 3.8) is 0 Å². The second-order valence-electron chi connectivity index (χ2n) is 14.5.